The maximum atomic E-state index is 12.6. The highest BCUT2D eigenvalue weighted by Crippen LogP contribution is 2.26. The van der Waals surface area contributed by atoms with Crippen LogP contribution in [0.3, 0.4) is 0 Å². The van der Waals surface area contributed by atoms with Gasteiger partial charge >= 0.3 is 0 Å². The molecule has 0 aromatic heterocycles. The summed E-state index contributed by atoms with van der Waals surface area (Å²) in [6, 6.07) is 14.0. The lowest BCUT2D eigenvalue weighted by molar-refractivity contribution is -0.139. The fraction of sp³-hybridized carbons (Fsp3) is 0.421. The Morgan fingerprint density at radius 3 is 2.52 bits per heavy atom. The molecule has 1 aliphatic heterocycles. The molecule has 23 heavy (non-hydrogen) atoms. The summed E-state index contributed by atoms with van der Waals surface area (Å²) in [5.41, 5.74) is 0. The molecule has 1 aliphatic rings. The van der Waals surface area contributed by atoms with E-state index < -0.39 is 6.10 Å². The van der Waals surface area contributed by atoms with Gasteiger partial charge in [-0.25, -0.2) is 0 Å². The fourth-order valence-corrected chi connectivity index (χ4v) is 3.08. The first-order valence-electron chi connectivity index (χ1n) is 8.34. The highest BCUT2D eigenvalue weighted by Gasteiger charge is 2.25. The van der Waals surface area contributed by atoms with Crippen molar-refractivity contribution in [2.24, 2.45) is 0 Å². The van der Waals surface area contributed by atoms with Crippen LogP contribution in [0, 0.1) is 0 Å². The van der Waals surface area contributed by atoms with Gasteiger partial charge in [0, 0.05) is 31.6 Å². The van der Waals surface area contributed by atoms with E-state index in [1.54, 1.807) is 0 Å². The van der Waals surface area contributed by atoms with E-state index in [1.807, 2.05) is 42.2 Å². The molecule has 1 saturated heterocycles. The Hall–Kier alpha value is -2.07. The van der Waals surface area contributed by atoms with Gasteiger partial charge in [-0.1, -0.05) is 43.3 Å². The molecular weight excluding hydrogens is 288 g/mol. The van der Waals surface area contributed by atoms with Crippen LogP contribution in [-0.4, -0.2) is 54.5 Å². The van der Waals surface area contributed by atoms with Crippen molar-refractivity contribution in [1.82, 2.24) is 9.80 Å². The second-order valence-electron chi connectivity index (χ2n) is 6.00. The molecule has 1 heterocycles. The Kier molecular flexibility index (Phi) is 4.82. The van der Waals surface area contributed by atoms with Crippen molar-refractivity contribution in [1.29, 1.82) is 0 Å². The Bertz CT molecular complexity index is 673. The van der Waals surface area contributed by atoms with E-state index in [4.69, 9.17) is 4.74 Å². The summed E-state index contributed by atoms with van der Waals surface area (Å²) in [6.07, 6.45) is -0.464. The molecule has 0 saturated carbocycles. The highest BCUT2D eigenvalue weighted by atomic mass is 16.5. The summed E-state index contributed by atoms with van der Waals surface area (Å²) in [4.78, 5) is 16.9. The number of nitrogens with zero attached hydrogens (tertiary/aromatic N) is 2. The van der Waals surface area contributed by atoms with Crippen LogP contribution in [0.2, 0.25) is 0 Å². The number of hydrogen-bond acceptors (Lipinski definition) is 3. The van der Waals surface area contributed by atoms with Gasteiger partial charge in [-0.3, -0.25) is 4.79 Å². The van der Waals surface area contributed by atoms with Crippen molar-refractivity contribution in [3.8, 4) is 5.75 Å². The van der Waals surface area contributed by atoms with Crippen molar-refractivity contribution in [2.45, 2.75) is 20.0 Å². The third kappa shape index (κ3) is 3.48. The van der Waals surface area contributed by atoms with Crippen LogP contribution >= 0.6 is 0 Å². The molecule has 0 unspecified atom stereocenters. The lowest BCUT2D eigenvalue weighted by Gasteiger charge is -2.35. The molecule has 1 amide bonds. The molecule has 0 radical (unpaired) electrons. The number of piperazine rings is 1. The molecule has 2 aromatic rings. The van der Waals surface area contributed by atoms with Crippen LogP contribution in [0.25, 0.3) is 10.8 Å². The normalized spacial score (nSPS) is 17.2. The minimum atomic E-state index is -0.464. The molecule has 0 spiro atoms. The van der Waals surface area contributed by atoms with E-state index in [9.17, 15) is 4.79 Å². The van der Waals surface area contributed by atoms with Crippen LogP contribution in [0.5, 0.6) is 5.75 Å². The largest absolute Gasteiger partial charge is 0.480 e. The Morgan fingerprint density at radius 1 is 1.09 bits per heavy atom. The van der Waals surface area contributed by atoms with Gasteiger partial charge in [-0.15, -0.1) is 0 Å². The lowest BCUT2D eigenvalue weighted by atomic mass is 10.1. The van der Waals surface area contributed by atoms with E-state index in [0.717, 1.165) is 49.2 Å². The van der Waals surface area contributed by atoms with E-state index in [0.29, 0.717) is 0 Å². The number of likely N-dealkylation sites (N-methyl/N-ethyl adjacent to an activating group) is 1. The SMILES string of the molecule is CCN1CCN(C(=O)[C@H](C)Oc2cccc3ccccc23)CC1. The number of carbonyl (C=O) groups is 1. The molecule has 2 aromatic carbocycles. The summed E-state index contributed by atoms with van der Waals surface area (Å²) < 4.78 is 5.99. The zero-order valence-corrected chi connectivity index (χ0v) is 13.9. The molecule has 1 atom stereocenters. The third-order valence-electron chi connectivity index (χ3n) is 4.53. The smallest absolute Gasteiger partial charge is 0.263 e. The molecule has 0 N–H and O–H groups in total. The van der Waals surface area contributed by atoms with Crippen molar-refractivity contribution < 1.29 is 9.53 Å². The van der Waals surface area contributed by atoms with Crippen LogP contribution in [-0.2, 0) is 4.79 Å². The van der Waals surface area contributed by atoms with E-state index in [1.165, 1.54) is 0 Å². The standard InChI is InChI=1S/C19H24N2O2/c1-3-20-11-13-21(14-12-20)19(22)15(2)23-18-10-6-8-16-7-4-5-9-17(16)18/h4-10,15H,3,11-14H2,1-2H3/t15-/m0/s1. The number of fused-ring (bicyclic) bond motifs is 1. The molecule has 122 valence electrons. The maximum absolute atomic E-state index is 12.6. The zero-order chi connectivity index (χ0) is 16.2. The monoisotopic (exact) mass is 312 g/mol. The fourth-order valence-electron chi connectivity index (χ4n) is 3.08. The van der Waals surface area contributed by atoms with Gasteiger partial charge < -0.3 is 14.5 Å². The molecule has 4 heteroatoms. The molecule has 0 aliphatic carbocycles. The predicted octanol–water partition coefficient (Wildman–Crippen LogP) is 2.77. The van der Waals surface area contributed by atoms with Gasteiger partial charge in [0.15, 0.2) is 6.10 Å². The summed E-state index contributed by atoms with van der Waals surface area (Å²) in [5.74, 6) is 0.852. The maximum Gasteiger partial charge on any atom is 0.263 e. The van der Waals surface area contributed by atoms with E-state index in [-0.39, 0.29) is 5.91 Å². The molecule has 3 rings (SSSR count). The summed E-state index contributed by atoms with van der Waals surface area (Å²) in [7, 11) is 0. The lowest BCUT2D eigenvalue weighted by Crippen LogP contribution is -2.51. The van der Waals surface area contributed by atoms with E-state index in [2.05, 4.69) is 24.0 Å². The predicted molar refractivity (Wildman–Crippen MR) is 92.7 cm³/mol. The van der Waals surface area contributed by atoms with Crippen LogP contribution in [0.4, 0.5) is 0 Å². The van der Waals surface area contributed by atoms with Gasteiger partial charge in [0.2, 0.25) is 0 Å². The first-order valence-corrected chi connectivity index (χ1v) is 8.34. The van der Waals surface area contributed by atoms with E-state index >= 15 is 0 Å². The van der Waals surface area contributed by atoms with Gasteiger partial charge in [0.25, 0.3) is 5.91 Å². The van der Waals surface area contributed by atoms with Crippen molar-refractivity contribution in [3.63, 3.8) is 0 Å². The number of rotatable bonds is 4. The first kappa shape index (κ1) is 15.8. The zero-order valence-electron chi connectivity index (χ0n) is 13.9. The van der Waals surface area contributed by atoms with Crippen LogP contribution in [0.1, 0.15) is 13.8 Å². The highest BCUT2D eigenvalue weighted by molar-refractivity contribution is 5.89. The topological polar surface area (TPSA) is 32.8 Å². The Balaban J connectivity index is 1.68. The second-order valence-corrected chi connectivity index (χ2v) is 6.00. The number of ether oxygens (including phenoxy) is 1. The summed E-state index contributed by atoms with van der Waals surface area (Å²) in [6.45, 7) is 8.52. The van der Waals surface area contributed by atoms with Gasteiger partial charge in [0.1, 0.15) is 5.75 Å². The summed E-state index contributed by atoms with van der Waals surface area (Å²) in [5, 5.41) is 2.17. The Morgan fingerprint density at radius 2 is 1.78 bits per heavy atom. The molecule has 4 nitrogen and oxygen atoms in total. The average Bonchev–Trinajstić information content (AvgIpc) is 2.61. The van der Waals surface area contributed by atoms with Crippen molar-refractivity contribution >= 4 is 16.7 Å². The molecule has 0 bridgehead atoms. The number of hydrogen-bond donors (Lipinski definition) is 0. The second kappa shape index (κ2) is 7.01. The Labute approximate surface area is 137 Å². The number of carbonyl (C=O) groups excluding carboxylic acids is 1. The van der Waals surface area contributed by atoms with Crippen molar-refractivity contribution in [3.05, 3.63) is 42.5 Å². The third-order valence-corrected chi connectivity index (χ3v) is 4.53. The minimum absolute atomic E-state index is 0.0775. The van der Waals surface area contributed by atoms with Gasteiger partial charge in [0.05, 0.1) is 0 Å². The van der Waals surface area contributed by atoms with Gasteiger partial charge in [-0.2, -0.15) is 0 Å². The number of benzene rings is 2. The summed E-state index contributed by atoms with van der Waals surface area (Å²) >= 11 is 0. The van der Waals surface area contributed by atoms with Crippen LogP contribution in [0.15, 0.2) is 42.5 Å². The van der Waals surface area contributed by atoms with Crippen LogP contribution < -0.4 is 4.74 Å². The first-order chi connectivity index (χ1) is 11.2. The average molecular weight is 312 g/mol. The minimum Gasteiger partial charge on any atom is -0.480 e. The number of amides is 1. The van der Waals surface area contributed by atoms with Gasteiger partial charge in [-0.05, 0) is 24.9 Å². The van der Waals surface area contributed by atoms with Crippen molar-refractivity contribution in [2.75, 3.05) is 32.7 Å². The molecule has 1 fully saturated rings. The quantitative estimate of drug-likeness (QED) is 0.870. The molecular formula is C19H24N2O2.